The normalized spacial score (nSPS) is 20.3. The smallest absolute Gasteiger partial charge is 0.161 e. The molecule has 10 heteroatoms. The highest BCUT2D eigenvalue weighted by atomic mass is 32.1. The lowest BCUT2D eigenvalue weighted by atomic mass is 9.80. The highest BCUT2D eigenvalue weighted by Gasteiger charge is 2.42. The minimum Gasteiger partial charge on any atom is -0.497 e. The molecule has 0 bridgehead atoms. The van der Waals surface area contributed by atoms with Gasteiger partial charge in [-0.15, -0.1) is 12.6 Å². The number of benzene rings is 3. The van der Waals surface area contributed by atoms with Gasteiger partial charge < -0.3 is 29.0 Å². The molecule has 3 aromatic carbocycles. The van der Waals surface area contributed by atoms with Crippen molar-refractivity contribution in [2.24, 2.45) is 4.99 Å². The minimum atomic E-state index is -1.01. The van der Waals surface area contributed by atoms with E-state index in [1.165, 1.54) is 0 Å². The van der Waals surface area contributed by atoms with Crippen LogP contribution in [0, 0.1) is 0 Å². The third-order valence-electron chi connectivity index (χ3n) is 7.93. The highest BCUT2D eigenvalue weighted by Crippen LogP contribution is 2.42. The molecule has 6 rings (SSSR count). The largest absolute Gasteiger partial charge is 0.497 e. The second kappa shape index (κ2) is 11.8. The van der Waals surface area contributed by atoms with E-state index < -0.39 is 24.0 Å². The fourth-order valence-corrected chi connectivity index (χ4v) is 5.84. The van der Waals surface area contributed by atoms with Crippen molar-refractivity contribution in [2.45, 2.75) is 30.5 Å². The van der Waals surface area contributed by atoms with Gasteiger partial charge in [-0.25, -0.2) is 9.98 Å². The summed E-state index contributed by atoms with van der Waals surface area (Å²) in [6.07, 6.45) is 0.309. The van der Waals surface area contributed by atoms with Crippen LogP contribution in [-0.4, -0.2) is 66.3 Å². The number of hydrogen-bond donors (Lipinski definition) is 2. The highest BCUT2D eigenvalue weighted by molar-refractivity contribution is 7.89. The van der Waals surface area contributed by atoms with Crippen LogP contribution in [0.3, 0.4) is 0 Å². The number of aliphatic hydroxyl groups is 1. The van der Waals surface area contributed by atoms with Crippen molar-refractivity contribution in [1.82, 2.24) is 14.5 Å². The summed E-state index contributed by atoms with van der Waals surface area (Å²) in [6, 6.07) is 25.8. The van der Waals surface area contributed by atoms with Gasteiger partial charge in [-0.1, -0.05) is 54.6 Å². The Morgan fingerprint density at radius 1 is 0.929 bits per heavy atom. The molecule has 2 aliphatic rings. The van der Waals surface area contributed by atoms with Crippen molar-refractivity contribution in [3.63, 3.8) is 0 Å². The van der Waals surface area contributed by atoms with Crippen LogP contribution >= 0.6 is 12.6 Å². The van der Waals surface area contributed by atoms with E-state index in [1.807, 2.05) is 95.4 Å². The summed E-state index contributed by atoms with van der Waals surface area (Å²) in [5, 5.41) is 12.6. The van der Waals surface area contributed by atoms with Gasteiger partial charge in [0.2, 0.25) is 0 Å². The van der Waals surface area contributed by atoms with Crippen molar-refractivity contribution in [1.29, 1.82) is 0 Å². The van der Waals surface area contributed by atoms with Crippen molar-refractivity contribution in [2.75, 3.05) is 34.5 Å². The zero-order valence-corrected chi connectivity index (χ0v) is 24.6. The lowest BCUT2D eigenvalue weighted by Crippen LogP contribution is -2.41. The maximum Gasteiger partial charge on any atom is 0.161 e. The number of fused-ring (bicyclic) bond motifs is 1. The fraction of sp³-hybridized carbons (Fsp3) is 0.312. The molecule has 1 N–H and O–H groups in total. The zero-order chi connectivity index (χ0) is 29.3. The molecular formula is C32H34N4O5S. The Hall–Kier alpha value is -3.83. The lowest BCUT2D eigenvalue weighted by molar-refractivity contribution is -0.0942. The first-order valence-corrected chi connectivity index (χ1v) is 14.2. The molecule has 1 fully saturated rings. The average molecular weight is 587 g/mol. The molecule has 2 aliphatic heterocycles. The SMILES string of the molecule is COc1ccc(C(OC[C@H]2O[C@@H](n3cnc4c3=NCN(C)C=4S)C[C@@H]2O)(c2ccccc2)c2ccc(OC)cc2)cc1. The number of hydrogen-bond acceptors (Lipinski definition) is 9. The van der Waals surface area contributed by atoms with Crippen LogP contribution in [-0.2, 0) is 15.1 Å². The van der Waals surface area contributed by atoms with Crippen LogP contribution in [0.2, 0.25) is 0 Å². The van der Waals surface area contributed by atoms with E-state index in [9.17, 15) is 5.11 Å². The van der Waals surface area contributed by atoms with Crippen molar-refractivity contribution < 1.29 is 24.1 Å². The molecule has 3 atom stereocenters. The number of thiol groups is 1. The molecule has 42 heavy (non-hydrogen) atoms. The van der Waals surface area contributed by atoms with E-state index in [0.717, 1.165) is 33.2 Å². The second-order valence-corrected chi connectivity index (χ2v) is 10.8. The van der Waals surface area contributed by atoms with E-state index >= 15 is 0 Å². The Labute approximate surface area is 250 Å². The number of imidazole rings is 1. The van der Waals surface area contributed by atoms with Gasteiger partial charge in [-0.3, -0.25) is 4.57 Å². The third kappa shape index (κ3) is 5.05. The molecule has 0 radical (unpaired) electrons. The summed E-state index contributed by atoms with van der Waals surface area (Å²) in [4.78, 5) is 11.1. The summed E-state index contributed by atoms with van der Waals surface area (Å²) >= 11 is 4.60. The third-order valence-corrected chi connectivity index (χ3v) is 8.48. The molecule has 9 nitrogen and oxygen atoms in total. The number of methoxy groups -OCH3 is 2. The maximum atomic E-state index is 11.2. The monoisotopic (exact) mass is 586 g/mol. The van der Waals surface area contributed by atoms with Gasteiger partial charge >= 0.3 is 0 Å². The van der Waals surface area contributed by atoms with Crippen molar-refractivity contribution in [3.05, 3.63) is 113 Å². The summed E-state index contributed by atoms with van der Waals surface area (Å²) in [5.41, 5.74) is 2.45. The Morgan fingerprint density at radius 2 is 1.52 bits per heavy atom. The van der Waals surface area contributed by atoms with Crippen LogP contribution < -0.4 is 20.3 Å². The van der Waals surface area contributed by atoms with E-state index in [4.69, 9.17) is 18.9 Å². The van der Waals surface area contributed by atoms with Gasteiger partial charge in [0.1, 0.15) is 41.4 Å². The molecule has 0 amide bonds. The standard InChI is InChI=1S/C32H34N4O5S/c1-35-19-34-30-29(31(35)42)33-20-36(30)28-17-26(37)27(41-28)18-40-32(21-7-5-4-6-8-21,22-9-13-24(38-2)14-10-22)23-11-15-25(39-3)16-12-23/h4-16,20,26-28,37,42H,17-19H2,1-3H3/t26-,27+,28+/m0/s1. The predicted molar refractivity (Wildman–Crippen MR) is 161 cm³/mol. The number of aromatic nitrogens is 2. The van der Waals surface area contributed by atoms with E-state index in [-0.39, 0.29) is 6.61 Å². The molecule has 0 aliphatic carbocycles. The Morgan fingerprint density at radius 3 is 2.12 bits per heavy atom. The average Bonchev–Trinajstić information content (AvgIpc) is 3.64. The quantitative estimate of drug-likeness (QED) is 0.230. The molecule has 1 saturated heterocycles. The summed E-state index contributed by atoms with van der Waals surface area (Å²) in [5.74, 6) is 1.49. The summed E-state index contributed by atoms with van der Waals surface area (Å²) in [6.45, 7) is 0.605. The second-order valence-electron chi connectivity index (χ2n) is 10.4. The molecular weight excluding hydrogens is 552 g/mol. The van der Waals surface area contributed by atoms with E-state index in [0.29, 0.717) is 23.9 Å². The first-order valence-electron chi connectivity index (χ1n) is 13.8. The number of ether oxygens (including phenoxy) is 4. The van der Waals surface area contributed by atoms with E-state index in [1.54, 1.807) is 20.5 Å². The number of aliphatic hydroxyl groups excluding tert-OH is 1. The van der Waals surface area contributed by atoms with Gasteiger partial charge in [0.05, 0.1) is 38.3 Å². The Kier molecular flexibility index (Phi) is 7.96. The van der Waals surface area contributed by atoms with Crippen LogP contribution in [0.4, 0.5) is 0 Å². The van der Waals surface area contributed by atoms with Gasteiger partial charge in [0.25, 0.3) is 0 Å². The van der Waals surface area contributed by atoms with Crippen molar-refractivity contribution in [3.8, 4) is 11.5 Å². The maximum absolute atomic E-state index is 11.2. The topological polar surface area (TPSA) is 90.6 Å². The molecule has 0 saturated carbocycles. The van der Waals surface area contributed by atoms with Crippen LogP contribution in [0.5, 0.6) is 11.5 Å². The summed E-state index contributed by atoms with van der Waals surface area (Å²) < 4.78 is 26.1. The molecule has 4 aromatic rings. The van der Waals surface area contributed by atoms with Gasteiger partial charge in [-0.2, -0.15) is 0 Å². The fourth-order valence-electron chi connectivity index (χ4n) is 5.62. The molecule has 1 aromatic heterocycles. The first kappa shape index (κ1) is 28.3. The number of rotatable bonds is 9. The van der Waals surface area contributed by atoms with Crippen LogP contribution in [0.15, 0.2) is 90.2 Å². The van der Waals surface area contributed by atoms with Gasteiger partial charge in [-0.05, 0) is 41.0 Å². The van der Waals surface area contributed by atoms with Gasteiger partial charge in [0, 0.05) is 13.5 Å². The first-order chi connectivity index (χ1) is 20.4. The minimum absolute atomic E-state index is 0.130. The van der Waals surface area contributed by atoms with Crippen LogP contribution in [0.1, 0.15) is 29.3 Å². The van der Waals surface area contributed by atoms with Gasteiger partial charge in [0.15, 0.2) is 5.49 Å². The molecule has 3 heterocycles. The van der Waals surface area contributed by atoms with E-state index in [2.05, 4.69) is 22.6 Å². The Bertz CT molecular complexity index is 1600. The molecule has 218 valence electrons. The summed E-state index contributed by atoms with van der Waals surface area (Å²) in [7, 11) is 5.21. The lowest BCUT2D eigenvalue weighted by Gasteiger charge is -2.37. The number of nitrogens with zero attached hydrogens (tertiary/aromatic N) is 4. The molecule has 0 spiro atoms. The van der Waals surface area contributed by atoms with Crippen LogP contribution in [0.25, 0.3) is 5.03 Å². The predicted octanol–water partition coefficient (Wildman–Crippen LogP) is 3.08. The molecule has 0 unspecified atom stereocenters. The van der Waals surface area contributed by atoms with Crippen molar-refractivity contribution >= 4 is 17.7 Å². The zero-order valence-electron chi connectivity index (χ0n) is 23.8. The Balaban J connectivity index is 1.36.